The van der Waals surface area contributed by atoms with Crippen molar-refractivity contribution in [2.75, 3.05) is 59.3 Å². The van der Waals surface area contributed by atoms with Crippen LogP contribution in [0, 0.1) is 0 Å². The van der Waals surface area contributed by atoms with Crippen LogP contribution in [0.2, 0.25) is 0 Å². The van der Waals surface area contributed by atoms with Crippen LogP contribution in [0.5, 0.6) is 0 Å². The first-order chi connectivity index (χ1) is 30.2. The van der Waals surface area contributed by atoms with E-state index in [2.05, 4.69) is 50.4 Å². The van der Waals surface area contributed by atoms with Crippen LogP contribution in [0.4, 0.5) is 32.5 Å². The van der Waals surface area contributed by atoms with Gasteiger partial charge in [-0.2, -0.15) is 14.4 Å². The van der Waals surface area contributed by atoms with Gasteiger partial charge in [0.25, 0.3) is 0 Å². The average molecular weight is 884 g/mol. The van der Waals surface area contributed by atoms with Crippen LogP contribution in [0.1, 0.15) is 82.4 Å². The molecule has 2 aromatic heterocycles. The summed E-state index contributed by atoms with van der Waals surface area (Å²) in [7, 11) is -2.18. The maximum absolute atomic E-state index is 16.0. The number of anilines is 4. The van der Waals surface area contributed by atoms with Gasteiger partial charge in [0.05, 0.1) is 28.0 Å². The molecular formula is C44H54FN11O6S. The van der Waals surface area contributed by atoms with Gasteiger partial charge in [-0.05, 0) is 94.7 Å². The Morgan fingerprint density at radius 3 is 2.57 bits per heavy atom. The summed E-state index contributed by atoms with van der Waals surface area (Å²) in [4.78, 5) is 55.3. The van der Waals surface area contributed by atoms with Gasteiger partial charge in [0.2, 0.25) is 27.8 Å². The Morgan fingerprint density at radius 1 is 1.00 bits per heavy atom. The molecule has 1 spiro atoms. The van der Waals surface area contributed by atoms with E-state index in [-0.39, 0.29) is 73.3 Å². The van der Waals surface area contributed by atoms with E-state index in [9.17, 15) is 27.9 Å². The zero-order valence-corrected chi connectivity index (χ0v) is 36.6. The van der Waals surface area contributed by atoms with Crippen LogP contribution < -0.4 is 25.3 Å². The number of alkyl halides is 1. The highest BCUT2D eigenvalue weighted by Crippen LogP contribution is 2.57. The first-order valence-electron chi connectivity index (χ1n) is 22.2. The van der Waals surface area contributed by atoms with Crippen LogP contribution in [0.25, 0.3) is 10.9 Å². The van der Waals surface area contributed by atoms with Crippen molar-refractivity contribution in [3.63, 3.8) is 0 Å². The summed E-state index contributed by atoms with van der Waals surface area (Å²) in [6.07, 6.45) is 4.40. The second kappa shape index (κ2) is 15.8. The molecule has 4 aliphatic heterocycles. The second-order valence-corrected chi connectivity index (χ2v) is 20.2. The van der Waals surface area contributed by atoms with Crippen molar-refractivity contribution >= 4 is 62.0 Å². The number of hydrogen-bond donors (Lipinski definition) is 3. The van der Waals surface area contributed by atoms with Crippen LogP contribution in [-0.4, -0.2) is 130 Å². The number of sulfonamides is 1. The molecule has 2 saturated carbocycles. The first-order valence-corrected chi connectivity index (χ1v) is 23.6. The molecule has 17 nitrogen and oxygen atoms in total. The SMILES string of the molecule is C[C@@H]1CN(c2ccc3c(N4CCC(=O)NC4=O)nn(C)c3c2)CCN1[C@@H](C)c1cccc(S(=O)(=O)N2CCC(Nc3ncc4c(n3)N([C@@H]3CCC[C@@H](O)C3)C(=O)C43CC3)[C@H](F)C2)c1. The number of benzene rings is 2. The third-order valence-corrected chi connectivity index (χ3v) is 16.2. The zero-order valence-electron chi connectivity index (χ0n) is 35.8. The number of nitrogens with zero attached hydrogens (tertiary/aromatic N) is 9. The lowest BCUT2D eigenvalue weighted by molar-refractivity contribution is -0.121. The number of piperidine rings is 1. The molecule has 334 valence electrons. The standard InChI is InChI=1S/C44H54FN11O6S/c1-26-24-52(29-10-11-33-37(22-29)51(3)50-39(33)55-17-13-38(58)48-43(55)60)18-19-54(26)27(2)28-6-4-9-32(20-28)63(61,62)53-16-12-36(35(45)25-53)47-42-46-23-34-40(49-42)56(41(59)44(34)14-15-44)30-7-5-8-31(57)21-30/h4,6,9-11,20,22-23,26-27,30-31,35-36,57H,5,7-8,12-19,21,24-25H2,1-3H3,(H,46,47,49)(H,48,58,60)/t26-,27+,30-,31-,35-,36?/m1/s1. The molecule has 6 heterocycles. The molecule has 19 heteroatoms. The molecule has 10 rings (SSSR count). The molecule has 5 fully saturated rings. The molecule has 2 aliphatic carbocycles. The number of aryl methyl sites for hydroxylation is 1. The molecule has 1 unspecified atom stereocenters. The number of aromatic nitrogens is 4. The van der Waals surface area contributed by atoms with Crippen molar-refractivity contribution in [2.45, 2.75) is 112 Å². The highest BCUT2D eigenvalue weighted by atomic mass is 32.2. The summed E-state index contributed by atoms with van der Waals surface area (Å²) in [5.74, 6) is 0.981. The van der Waals surface area contributed by atoms with Crippen molar-refractivity contribution in [1.29, 1.82) is 0 Å². The molecule has 6 atom stereocenters. The lowest BCUT2D eigenvalue weighted by Crippen LogP contribution is -2.52. The van der Waals surface area contributed by atoms with Gasteiger partial charge in [-0.3, -0.25) is 34.3 Å². The molecule has 3 saturated heterocycles. The summed E-state index contributed by atoms with van der Waals surface area (Å²) >= 11 is 0. The number of fused-ring (bicyclic) bond motifs is 3. The summed E-state index contributed by atoms with van der Waals surface area (Å²) in [5, 5.41) is 21.3. The molecule has 4 aromatic rings. The minimum atomic E-state index is -4.02. The van der Waals surface area contributed by atoms with E-state index >= 15 is 4.39 Å². The number of hydrogen-bond acceptors (Lipinski definition) is 12. The predicted octanol–water partition coefficient (Wildman–Crippen LogP) is 3.98. The third kappa shape index (κ3) is 7.29. The maximum atomic E-state index is 16.0. The number of aliphatic hydroxyl groups excluding tert-OH is 1. The van der Waals surface area contributed by atoms with E-state index in [1.54, 1.807) is 34.0 Å². The van der Waals surface area contributed by atoms with Gasteiger partial charge in [-0.25, -0.2) is 22.6 Å². The first kappa shape index (κ1) is 41.8. The quantitative estimate of drug-likeness (QED) is 0.220. The molecule has 4 amide bonds. The monoisotopic (exact) mass is 883 g/mol. The molecule has 2 aromatic carbocycles. The Hall–Kier alpha value is -5.24. The molecule has 0 bridgehead atoms. The summed E-state index contributed by atoms with van der Waals surface area (Å²) in [6.45, 7) is 6.50. The van der Waals surface area contributed by atoms with Crippen molar-refractivity contribution in [2.24, 2.45) is 7.05 Å². The Labute approximate surface area is 365 Å². The van der Waals surface area contributed by atoms with E-state index in [1.165, 1.54) is 9.21 Å². The molecular weight excluding hydrogens is 830 g/mol. The van der Waals surface area contributed by atoms with Crippen molar-refractivity contribution < 1.29 is 32.3 Å². The van der Waals surface area contributed by atoms with Crippen LogP contribution in [-0.2, 0) is 32.1 Å². The number of halogens is 1. The predicted molar refractivity (Wildman–Crippen MR) is 234 cm³/mol. The van der Waals surface area contributed by atoms with Crippen LogP contribution in [0.15, 0.2) is 53.6 Å². The Morgan fingerprint density at radius 2 is 1.83 bits per heavy atom. The summed E-state index contributed by atoms with van der Waals surface area (Å²) in [6, 6.07) is 11.7. The van der Waals surface area contributed by atoms with E-state index in [0.717, 1.165) is 73.0 Å². The fourth-order valence-electron chi connectivity index (χ4n) is 10.6. The van der Waals surface area contributed by atoms with Gasteiger partial charge in [0.1, 0.15) is 12.0 Å². The Kier molecular flexibility index (Phi) is 10.5. The molecule has 0 radical (unpaired) electrons. The average Bonchev–Trinajstić information content (AvgIpc) is 3.96. The number of imide groups is 1. The lowest BCUT2D eigenvalue weighted by atomic mass is 9.92. The molecule has 63 heavy (non-hydrogen) atoms. The van der Waals surface area contributed by atoms with E-state index in [0.29, 0.717) is 24.5 Å². The van der Waals surface area contributed by atoms with Gasteiger partial charge in [-0.15, -0.1) is 0 Å². The number of piperazine rings is 1. The fourth-order valence-corrected chi connectivity index (χ4v) is 12.1. The van der Waals surface area contributed by atoms with Gasteiger partial charge in [0, 0.05) is 93.7 Å². The summed E-state index contributed by atoms with van der Waals surface area (Å²) in [5.41, 5.74) is 2.96. The van der Waals surface area contributed by atoms with E-state index < -0.39 is 39.8 Å². The fraction of sp³-hybridized carbons (Fsp3) is 0.545. The minimum absolute atomic E-state index is 0.0140. The molecule has 3 N–H and O–H groups in total. The number of carbonyl (C=O) groups is 3. The highest BCUT2D eigenvalue weighted by Gasteiger charge is 2.61. The van der Waals surface area contributed by atoms with E-state index in [1.807, 2.05) is 25.2 Å². The Bertz CT molecular complexity index is 2610. The van der Waals surface area contributed by atoms with Crippen molar-refractivity contribution in [3.05, 3.63) is 59.8 Å². The number of urea groups is 1. The second-order valence-electron chi connectivity index (χ2n) is 18.3. The highest BCUT2D eigenvalue weighted by molar-refractivity contribution is 7.89. The van der Waals surface area contributed by atoms with Crippen molar-refractivity contribution in [3.8, 4) is 0 Å². The number of rotatable bonds is 9. The largest absolute Gasteiger partial charge is 0.393 e. The van der Waals surface area contributed by atoms with E-state index in [4.69, 9.17) is 4.98 Å². The number of carbonyl (C=O) groups excluding carboxylic acids is 3. The van der Waals surface area contributed by atoms with Gasteiger partial charge < -0.3 is 15.3 Å². The third-order valence-electron chi connectivity index (χ3n) is 14.3. The number of aliphatic hydroxyl groups is 1. The van der Waals surface area contributed by atoms with Gasteiger partial charge in [-0.1, -0.05) is 12.1 Å². The lowest BCUT2D eigenvalue weighted by Gasteiger charge is -2.44. The van der Waals surface area contributed by atoms with Gasteiger partial charge in [0.15, 0.2) is 5.82 Å². The topological polar surface area (TPSA) is 189 Å². The minimum Gasteiger partial charge on any atom is -0.393 e. The van der Waals surface area contributed by atoms with Gasteiger partial charge >= 0.3 is 6.03 Å². The normalized spacial score (nSPS) is 27.2. The molecule has 6 aliphatic rings. The van der Waals surface area contributed by atoms with Crippen LogP contribution in [0.3, 0.4) is 0 Å². The summed E-state index contributed by atoms with van der Waals surface area (Å²) < 4.78 is 47.1. The number of nitrogens with one attached hydrogen (secondary N) is 2. The smallest absolute Gasteiger partial charge is 0.329 e. The van der Waals surface area contributed by atoms with Crippen LogP contribution >= 0.6 is 0 Å². The Balaban J connectivity index is 0.779. The zero-order chi connectivity index (χ0) is 43.9. The van der Waals surface area contributed by atoms with Crippen molar-refractivity contribution in [1.82, 2.24) is 34.3 Å². The number of amides is 4. The maximum Gasteiger partial charge on any atom is 0.329 e.